The Morgan fingerprint density at radius 3 is 2.71 bits per heavy atom. The molecular weight excluding hydrogens is 357 g/mol. The number of halogens is 1. The minimum atomic E-state index is -0.182. The number of amides is 1. The van der Waals surface area contributed by atoms with Crippen LogP contribution in [0.1, 0.15) is 18.4 Å². The maximum absolute atomic E-state index is 13.4. The fourth-order valence-corrected chi connectivity index (χ4v) is 3.82. The van der Waals surface area contributed by atoms with Crippen molar-refractivity contribution in [3.63, 3.8) is 0 Å². The molecule has 2 aliphatic heterocycles. The quantitative estimate of drug-likeness (QED) is 0.778. The standard InChI is InChI=1S/C22H26FN3O2/c23-18-3-1-4-19(15-18)26-12-10-25(11-13-26)9-2-14-28-20-7-5-17-6-8-22(27)24-21(17)16-20/h1,3-5,7,15-16H,2,6,8-14H2,(H,24,27). The average Bonchev–Trinajstić information content (AvgIpc) is 2.71. The third-order valence-electron chi connectivity index (χ3n) is 5.41. The van der Waals surface area contributed by atoms with Crippen molar-refractivity contribution in [1.29, 1.82) is 0 Å². The molecule has 0 radical (unpaired) electrons. The Labute approximate surface area is 165 Å². The van der Waals surface area contributed by atoms with E-state index in [1.807, 2.05) is 24.3 Å². The first-order valence-corrected chi connectivity index (χ1v) is 9.96. The lowest BCUT2D eigenvalue weighted by Crippen LogP contribution is -2.46. The molecule has 0 atom stereocenters. The third kappa shape index (κ3) is 4.62. The van der Waals surface area contributed by atoms with E-state index in [4.69, 9.17) is 4.74 Å². The van der Waals surface area contributed by atoms with Crippen LogP contribution in [0.4, 0.5) is 15.8 Å². The number of hydrogen-bond donors (Lipinski definition) is 1. The summed E-state index contributed by atoms with van der Waals surface area (Å²) in [7, 11) is 0. The Kier molecular flexibility index (Phi) is 5.76. The number of rotatable bonds is 6. The van der Waals surface area contributed by atoms with Gasteiger partial charge in [-0.2, -0.15) is 0 Å². The molecule has 0 unspecified atom stereocenters. The minimum absolute atomic E-state index is 0.0713. The number of benzene rings is 2. The van der Waals surface area contributed by atoms with E-state index in [1.165, 1.54) is 11.6 Å². The van der Waals surface area contributed by atoms with Gasteiger partial charge in [-0.05, 0) is 42.7 Å². The minimum Gasteiger partial charge on any atom is -0.493 e. The number of ether oxygens (including phenoxy) is 1. The molecule has 0 saturated carbocycles. The molecule has 28 heavy (non-hydrogen) atoms. The van der Waals surface area contributed by atoms with Crippen LogP contribution in [0.2, 0.25) is 0 Å². The van der Waals surface area contributed by atoms with E-state index in [-0.39, 0.29) is 11.7 Å². The zero-order valence-electron chi connectivity index (χ0n) is 16.0. The van der Waals surface area contributed by atoms with Gasteiger partial charge in [-0.15, -0.1) is 0 Å². The summed E-state index contributed by atoms with van der Waals surface area (Å²) in [4.78, 5) is 16.2. The third-order valence-corrected chi connectivity index (χ3v) is 5.41. The highest BCUT2D eigenvalue weighted by Crippen LogP contribution is 2.27. The van der Waals surface area contributed by atoms with E-state index in [0.717, 1.165) is 62.7 Å². The molecule has 1 N–H and O–H groups in total. The number of aryl methyl sites for hydroxylation is 1. The van der Waals surface area contributed by atoms with E-state index in [1.54, 1.807) is 12.1 Å². The highest BCUT2D eigenvalue weighted by Gasteiger charge is 2.17. The molecule has 148 valence electrons. The summed E-state index contributed by atoms with van der Waals surface area (Å²) in [5.41, 5.74) is 3.01. The van der Waals surface area contributed by atoms with Crippen molar-refractivity contribution in [3.05, 3.63) is 53.8 Å². The molecule has 4 rings (SSSR count). The number of anilines is 2. The first-order valence-electron chi connectivity index (χ1n) is 9.96. The molecule has 5 nitrogen and oxygen atoms in total. The fraction of sp³-hybridized carbons (Fsp3) is 0.409. The van der Waals surface area contributed by atoms with Gasteiger partial charge in [0, 0.05) is 56.6 Å². The Bertz CT molecular complexity index is 834. The van der Waals surface area contributed by atoms with Gasteiger partial charge < -0.3 is 15.0 Å². The second-order valence-electron chi connectivity index (χ2n) is 7.38. The first-order chi connectivity index (χ1) is 13.7. The summed E-state index contributed by atoms with van der Waals surface area (Å²) in [5.74, 6) is 0.692. The van der Waals surface area contributed by atoms with Gasteiger partial charge in [0.05, 0.1) is 6.61 Å². The Hall–Kier alpha value is -2.60. The molecule has 0 aromatic heterocycles. The zero-order valence-corrected chi connectivity index (χ0v) is 16.0. The van der Waals surface area contributed by atoms with Gasteiger partial charge in [0.25, 0.3) is 0 Å². The zero-order chi connectivity index (χ0) is 19.3. The van der Waals surface area contributed by atoms with Crippen molar-refractivity contribution in [2.24, 2.45) is 0 Å². The smallest absolute Gasteiger partial charge is 0.224 e. The van der Waals surface area contributed by atoms with Gasteiger partial charge in [-0.25, -0.2) is 4.39 Å². The van der Waals surface area contributed by atoms with Crippen molar-refractivity contribution < 1.29 is 13.9 Å². The van der Waals surface area contributed by atoms with E-state index < -0.39 is 0 Å². The number of hydrogen-bond acceptors (Lipinski definition) is 4. The molecule has 0 spiro atoms. The summed E-state index contributed by atoms with van der Waals surface area (Å²) in [6, 6.07) is 12.8. The Morgan fingerprint density at radius 1 is 1.04 bits per heavy atom. The van der Waals surface area contributed by atoms with Crippen molar-refractivity contribution in [2.75, 3.05) is 49.5 Å². The second-order valence-corrected chi connectivity index (χ2v) is 7.38. The molecule has 1 amide bonds. The first kappa shape index (κ1) is 18.7. The molecular formula is C22H26FN3O2. The summed E-state index contributed by atoms with van der Waals surface area (Å²) < 4.78 is 19.3. The molecule has 2 aromatic carbocycles. The van der Waals surface area contributed by atoms with Crippen LogP contribution in [-0.2, 0) is 11.2 Å². The number of nitrogens with one attached hydrogen (secondary N) is 1. The molecule has 6 heteroatoms. The predicted molar refractivity (Wildman–Crippen MR) is 109 cm³/mol. The Morgan fingerprint density at radius 2 is 1.89 bits per heavy atom. The average molecular weight is 383 g/mol. The van der Waals surface area contributed by atoms with Gasteiger partial charge >= 0.3 is 0 Å². The molecule has 2 aromatic rings. The maximum Gasteiger partial charge on any atom is 0.224 e. The molecule has 1 saturated heterocycles. The molecule has 2 heterocycles. The van der Waals surface area contributed by atoms with Crippen LogP contribution in [0, 0.1) is 5.82 Å². The lowest BCUT2D eigenvalue weighted by atomic mass is 10.0. The van der Waals surface area contributed by atoms with Gasteiger partial charge in [-0.3, -0.25) is 9.69 Å². The highest BCUT2D eigenvalue weighted by atomic mass is 19.1. The largest absolute Gasteiger partial charge is 0.493 e. The van der Waals surface area contributed by atoms with E-state index in [0.29, 0.717) is 13.0 Å². The summed E-state index contributed by atoms with van der Waals surface area (Å²) in [5, 5.41) is 2.91. The highest BCUT2D eigenvalue weighted by molar-refractivity contribution is 5.94. The van der Waals surface area contributed by atoms with Crippen molar-refractivity contribution in [3.8, 4) is 5.75 Å². The summed E-state index contributed by atoms with van der Waals surface area (Å²) >= 11 is 0. The van der Waals surface area contributed by atoms with E-state index in [9.17, 15) is 9.18 Å². The summed E-state index contributed by atoms with van der Waals surface area (Å²) in [6.45, 7) is 5.40. The van der Waals surface area contributed by atoms with Gasteiger partial charge in [0.15, 0.2) is 0 Å². The Balaban J connectivity index is 1.18. The number of nitrogens with zero attached hydrogens (tertiary/aromatic N) is 2. The number of carbonyl (C=O) groups is 1. The predicted octanol–water partition coefficient (Wildman–Crippen LogP) is 3.30. The monoisotopic (exact) mass is 383 g/mol. The van der Waals surface area contributed by atoms with E-state index >= 15 is 0 Å². The van der Waals surface area contributed by atoms with E-state index in [2.05, 4.69) is 15.1 Å². The van der Waals surface area contributed by atoms with Crippen LogP contribution in [0.5, 0.6) is 5.75 Å². The lowest BCUT2D eigenvalue weighted by Gasteiger charge is -2.36. The van der Waals surface area contributed by atoms with Crippen LogP contribution in [0.25, 0.3) is 0 Å². The molecule has 0 aliphatic carbocycles. The number of carbonyl (C=O) groups excluding carboxylic acids is 1. The number of piperazine rings is 1. The molecule has 0 bridgehead atoms. The molecule has 2 aliphatic rings. The molecule has 1 fully saturated rings. The SMILES string of the molecule is O=C1CCc2ccc(OCCCN3CCN(c4cccc(F)c4)CC3)cc2N1. The van der Waals surface area contributed by atoms with Gasteiger partial charge in [-0.1, -0.05) is 12.1 Å². The van der Waals surface area contributed by atoms with Crippen molar-refractivity contribution in [2.45, 2.75) is 19.3 Å². The fourth-order valence-electron chi connectivity index (χ4n) is 3.82. The van der Waals surface area contributed by atoms with Crippen LogP contribution in [-0.4, -0.2) is 50.1 Å². The summed E-state index contributed by atoms with van der Waals surface area (Å²) in [6.07, 6.45) is 2.30. The van der Waals surface area contributed by atoms with Crippen LogP contribution < -0.4 is 15.0 Å². The lowest BCUT2D eigenvalue weighted by molar-refractivity contribution is -0.116. The van der Waals surface area contributed by atoms with Crippen LogP contribution in [0.3, 0.4) is 0 Å². The van der Waals surface area contributed by atoms with Gasteiger partial charge in [0.2, 0.25) is 5.91 Å². The maximum atomic E-state index is 13.4. The number of fused-ring (bicyclic) bond motifs is 1. The van der Waals surface area contributed by atoms with Crippen LogP contribution >= 0.6 is 0 Å². The normalized spacial score (nSPS) is 17.2. The second kappa shape index (κ2) is 8.61. The van der Waals surface area contributed by atoms with Crippen LogP contribution in [0.15, 0.2) is 42.5 Å². The van der Waals surface area contributed by atoms with Crippen molar-refractivity contribution in [1.82, 2.24) is 4.90 Å². The van der Waals surface area contributed by atoms with Gasteiger partial charge in [0.1, 0.15) is 11.6 Å². The topological polar surface area (TPSA) is 44.8 Å². The van der Waals surface area contributed by atoms with Crippen molar-refractivity contribution >= 4 is 17.3 Å².